The maximum Gasteiger partial charge on any atom is 0.472 e. The van der Waals surface area contributed by atoms with Gasteiger partial charge in [-0.25, -0.2) is 4.57 Å². The molecule has 0 radical (unpaired) electrons. The van der Waals surface area contributed by atoms with E-state index in [1.165, 1.54) is 212 Å². The molecule has 0 aromatic rings. The van der Waals surface area contributed by atoms with Crippen LogP contribution >= 0.6 is 7.82 Å². The van der Waals surface area contributed by atoms with Gasteiger partial charge in [-0.2, -0.15) is 0 Å². The summed E-state index contributed by atoms with van der Waals surface area (Å²) in [5.74, 6) is -0.782. The smallest absolute Gasteiger partial charge is 0.462 e. The van der Waals surface area contributed by atoms with E-state index in [0.717, 1.165) is 64.2 Å². The quantitative estimate of drug-likeness (QED) is 0.0211. The number of quaternary nitrogens is 1. The predicted octanol–water partition coefficient (Wildman–Crippen LogP) is 21.0. The first kappa shape index (κ1) is 75.7. The number of phosphoric ester groups is 1. The predicted molar refractivity (Wildman–Crippen MR) is 335 cm³/mol. The number of carbonyl (C=O) groups excluding carboxylic acids is 2. The molecule has 0 aromatic carbocycles. The normalized spacial score (nSPS) is 13.6. The second-order valence-electron chi connectivity index (χ2n) is 23.5. The van der Waals surface area contributed by atoms with Crippen LogP contribution in [-0.4, -0.2) is 74.9 Å². The van der Waals surface area contributed by atoms with Crippen molar-refractivity contribution in [2.24, 2.45) is 0 Å². The summed E-state index contributed by atoms with van der Waals surface area (Å²) in [6, 6.07) is 0. The lowest BCUT2D eigenvalue weighted by Crippen LogP contribution is -2.37. The Kier molecular flexibility index (Phi) is 57.6. The molecule has 0 bridgehead atoms. The van der Waals surface area contributed by atoms with Gasteiger partial charge in [0.2, 0.25) is 0 Å². The Morgan fingerprint density at radius 1 is 0.410 bits per heavy atom. The number of rotatable bonds is 61. The molecule has 0 saturated carbocycles. The monoisotopic (exact) mass is 1120 g/mol. The average molecular weight is 1120 g/mol. The SMILES string of the molecule is CC/C=C\C/C=C\C/C=C\C/C=C\C/C=C\CCCCCCCCCCCCCCCCCC(=O)OC(COC(=O)CCCCCCCCCCCCCCCCCCCCCCCCC)COP(=O)(O)OCC[N+](C)(C)C. The van der Waals surface area contributed by atoms with Crippen molar-refractivity contribution in [2.75, 3.05) is 47.5 Å². The zero-order chi connectivity index (χ0) is 57.0. The number of phosphoric acid groups is 1. The van der Waals surface area contributed by atoms with Gasteiger partial charge in [-0.1, -0.05) is 299 Å². The number of unbranched alkanes of at least 4 members (excludes halogenated alkanes) is 37. The van der Waals surface area contributed by atoms with Crippen molar-refractivity contribution in [3.05, 3.63) is 60.8 Å². The fraction of sp³-hybridized carbons (Fsp3) is 0.824. The van der Waals surface area contributed by atoms with Crippen molar-refractivity contribution in [2.45, 2.75) is 315 Å². The number of likely N-dealkylation sites (N-methyl/N-ethyl adjacent to an activating group) is 1. The molecule has 9 nitrogen and oxygen atoms in total. The van der Waals surface area contributed by atoms with Crippen LogP contribution in [0.25, 0.3) is 0 Å². The Balaban J connectivity index is 4.05. The molecule has 0 amide bonds. The Morgan fingerprint density at radius 2 is 0.731 bits per heavy atom. The molecule has 78 heavy (non-hydrogen) atoms. The number of hydrogen-bond acceptors (Lipinski definition) is 7. The van der Waals surface area contributed by atoms with Crippen molar-refractivity contribution in [1.82, 2.24) is 0 Å². The Morgan fingerprint density at radius 3 is 1.09 bits per heavy atom. The van der Waals surface area contributed by atoms with Crippen LogP contribution in [0.5, 0.6) is 0 Å². The van der Waals surface area contributed by atoms with E-state index in [1.54, 1.807) is 0 Å². The summed E-state index contributed by atoms with van der Waals surface area (Å²) in [4.78, 5) is 35.8. The molecular weight excluding hydrogens is 990 g/mol. The molecule has 0 heterocycles. The van der Waals surface area contributed by atoms with Gasteiger partial charge in [0.25, 0.3) is 0 Å². The number of allylic oxidation sites excluding steroid dienone is 10. The molecule has 456 valence electrons. The van der Waals surface area contributed by atoms with Crippen LogP contribution in [0.2, 0.25) is 0 Å². The topological polar surface area (TPSA) is 108 Å². The van der Waals surface area contributed by atoms with Crippen molar-refractivity contribution in [3.8, 4) is 0 Å². The summed E-state index contributed by atoms with van der Waals surface area (Å²) in [5, 5.41) is 0. The van der Waals surface area contributed by atoms with Crippen LogP contribution in [0.15, 0.2) is 60.8 Å². The first-order chi connectivity index (χ1) is 38.0. The summed E-state index contributed by atoms with van der Waals surface area (Å²) in [6.45, 7) is 4.37. The van der Waals surface area contributed by atoms with Crippen LogP contribution in [0.3, 0.4) is 0 Å². The zero-order valence-corrected chi connectivity index (χ0v) is 52.8. The van der Waals surface area contributed by atoms with Gasteiger partial charge in [0.1, 0.15) is 19.8 Å². The molecule has 0 aliphatic heterocycles. The van der Waals surface area contributed by atoms with Gasteiger partial charge in [0.15, 0.2) is 6.10 Å². The second kappa shape index (κ2) is 59.3. The minimum atomic E-state index is -4.39. The highest BCUT2D eigenvalue weighted by molar-refractivity contribution is 7.47. The third kappa shape index (κ3) is 62.9. The average Bonchev–Trinajstić information content (AvgIpc) is 3.40. The van der Waals surface area contributed by atoms with E-state index in [1.807, 2.05) is 21.1 Å². The highest BCUT2D eigenvalue weighted by atomic mass is 31.2. The lowest BCUT2D eigenvalue weighted by molar-refractivity contribution is -0.870. The van der Waals surface area contributed by atoms with Crippen molar-refractivity contribution >= 4 is 19.8 Å². The van der Waals surface area contributed by atoms with Gasteiger partial charge >= 0.3 is 19.8 Å². The van der Waals surface area contributed by atoms with Crippen LogP contribution in [0.1, 0.15) is 309 Å². The van der Waals surface area contributed by atoms with Gasteiger partial charge in [0, 0.05) is 12.8 Å². The summed E-state index contributed by atoms with van der Waals surface area (Å²) >= 11 is 0. The number of hydrogen-bond donors (Lipinski definition) is 1. The van der Waals surface area contributed by atoms with Gasteiger partial charge in [-0.3, -0.25) is 18.6 Å². The molecule has 2 atom stereocenters. The molecule has 0 aliphatic rings. The largest absolute Gasteiger partial charge is 0.472 e. The molecule has 2 unspecified atom stereocenters. The summed E-state index contributed by atoms with van der Waals surface area (Å²) in [5.41, 5.74) is 0. The third-order valence-electron chi connectivity index (χ3n) is 14.6. The lowest BCUT2D eigenvalue weighted by Gasteiger charge is -2.24. The zero-order valence-electron chi connectivity index (χ0n) is 51.9. The molecule has 0 rings (SSSR count). The molecule has 0 saturated heterocycles. The van der Waals surface area contributed by atoms with E-state index in [0.29, 0.717) is 23.9 Å². The Bertz CT molecular complexity index is 1500. The standard InChI is InChI=1S/C68H126NO8P/c1-6-8-10-12-14-16-18-20-22-24-26-28-30-31-32-33-34-35-36-37-39-41-43-45-47-49-51-53-55-57-59-61-68(71)77-66(65-76-78(72,73)75-63-62-69(3,4)5)64-74-67(70)60-58-56-54-52-50-48-46-44-42-40-38-29-27-25-23-21-19-17-15-13-11-9-7-2/h8,10,14,16,20,22,26,28,31-32,66H,6-7,9,11-13,15,17-19,21,23-25,27,29-30,33-65H2,1-5H3/p+1/b10-8-,16-14-,22-20-,28-26-,32-31-. The first-order valence-corrected chi connectivity index (χ1v) is 34.5. The van der Waals surface area contributed by atoms with Crippen LogP contribution < -0.4 is 0 Å². The number of carbonyl (C=O) groups is 2. The third-order valence-corrected chi connectivity index (χ3v) is 15.5. The van der Waals surface area contributed by atoms with Gasteiger partial charge in [-0.15, -0.1) is 0 Å². The summed E-state index contributed by atoms with van der Waals surface area (Å²) < 4.78 is 34.7. The lowest BCUT2D eigenvalue weighted by atomic mass is 10.0. The van der Waals surface area contributed by atoms with Crippen LogP contribution in [-0.2, 0) is 32.7 Å². The van der Waals surface area contributed by atoms with E-state index in [4.69, 9.17) is 18.5 Å². The molecular formula is C68H127NO8P+. The van der Waals surface area contributed by atoms with Crippen molar-refractivity contribution in [3.63, 3.8) is 0 Å². The van der Waals surface area contributed by atoms with E-state index in [2.05, 4.69) is 74.6 Å². The van der Waals surface area contributed by atoms with Gasteiger partial charge < -0.3 is 18.9 Å². The van der Waals surface area contributed by atoms with E-state index in [-0.39, 0.29) is 25.6 Å². The molecule has 0 aromatic heterocycles. The maximum absolute atomic E-state index is 12.9. The van der Waals surface area contributed by atoms with Gasteiger partial charge in [0.05, 0.1) is 27.7 Å². The molecule has 0 fully saturated rings. The fourth-order valence-electron chi connectivity index (χ4n) is 9.52. The van der Waals surface area contributed by atoms with E-state index < -0.39 is 26.5 Å². The number of esters is 2. The van der Waals surface area contributed by atoms with Crippen molar-refractivity contribution < 1.29 is 42.1 Å². The first-order valence-electron chi connectivity index (χ1n) is 33.0. The van der Waals surface area contributed by atoms with E-state index in [9.17, 15) is 19.0 Å². The number of ether oxygens (including phenoxy) is 2. The van der Waals surface area contributed by atoms with Crippen LogP contribution in [0, 0.1) is 0 Å². The van der Waals surface area contributed by atoms with Crippen molar-refractivity contribution in [1.29, 1.82) is 0 Å². The summed E-state index contributed by atoms with van der Waals surface area (Å²) in [7, 11) is 1.49. The molecule has 0 aliphatic carbocycles. The van der Waals surface area contributed by atoms with Gasteiger partial charge in [-0.05, 0) is 57.8 Å². The Labute approximate surface area is 483 Å². The summed E-state index contributed by atoms with van der Waals surface area (Å²) in [6.07, 6.45) is 77.4. The highest BCUT2D eigenvalue weighted by Crippen LogP contribution is 2.43. The number of nitrogens with zero attached hydrogens (tertiary/aromatic N) is 1. The minimum absolute atomic E-state index is 0.0327. The fourth-order valence-corrected chi connectivity index (χ4v) is 10.3. The molecule has 10 heteroatoms. The molecule has 0 spiro atoms. The van der Waals surface area contributed by atoms with Crippen LogP contribution in [0.4, 0.5) is 0 Å². The Hall–Kier alpha value is -2.29. The van der Waals surface area contributed by atoms with E-state index >= 15 is 0 Å². The minimum Gasteiger partial charge on any atom is -0.462 e. The second-order valence-corrected chi connectivity index (χ2v) is 24.9. The maximum atomic E-state index is 12.9. The highest BCUT2D eigenvalue weighted by Gasteiger charge is 2.27. The molecule has 1 N–H and O–H groups in total.